The number of nitrogens with two attached hydrogens (primary N) is 1. The minimum Gasteiger partial charge on any atom is -0.481 e. The van der Waals surface area contributed by atoms with Gasteiger partial charge in [0.15, 0.2) is 0 Å². The third-order valence-electron chi connectivity index (χ3n) is 6.65. The maximum absolute atomic E-state index is 10.9. The van der Waals surface area contributed by atoms with E-state index in [1.807, 2.05) is 0 Å². The molecule has 0 bridgehead atoms. The predicted octanol–water partition coefficient (Wildman–Crippen LogP) is -4.32. The van der Waals surface area contributed by atoms with E-state index in [1.54, 1.807) is 25.8 Å². The summed E-state index contributed by atoms with van der Waals surface area (Å²) in [6, 6.07) is -1.44. The van der Waals surface area contributed by atoms with Gasteiger partial charge in [-0.2, -0.15) is 24.4 Å². The molecule has 1 heterocycles. The molecule has 1 aliphatic rings. The fraction of sp³-hybridized carbons (Fsp3) is 0.556. The van der Waals surface area contributed by atoms with Crippen molar-refractivity contribution in [1.82, 2.24) is 42.1 Å². The zero-order valence-corrected chi connectivity index (χ0v) is 41.4. The van der Waals surface area contributed by atoms with Crippen molar-refractivity contribution in [2.24, 2.45) is 5.73 Å². The number of carbonyl (C=O) groups excluding carboxylic acids is 7. The van der Waals surface area contributed by atoms with E-state index < -0.39 is 58.3 Å². The molecule has 0 radical (unpaired) electrons. The molecule has 0 saturated carbocycles. The maximum Gasteiger partial charge on any atom is 0.328 e. The summed E-state index contributed by atoms with van der Waals surface area (Å²) in [7, 11) is 13.3. The van der Waals surface area contributed by atoms with Crippen LogP contribution in [0.4, 0.5) is 0 Å². The molecule has 30 heteroatoms. The summed E-state index contributed by atoms with van der Waals surface area (Å²) < 4.78 is 0. The Labute approximate surface area is 397 Å². The summed E-state index contributed by atoms with van der Waals surface area (Å²) in [5, 5.41) is 57.4. The molecule has 1 aliphatic heterocycles. The zero-order valence-electron chi connectivity index (χ0n) is 38.9. The monoisotopic (exact) mass is 1010 g/mol. The van der Waals surface area contributed by atoms with Crippen molar-refractivity contribution in [3.8, 4) is 0 Å². The van der Waals surface area contributed by atoms with Crippen LogP contribution in [0.1, 0.15) is 25.7 Å². The Bertz CT molecular complexity index is 1450. The maximum atomic E-state index is 10.9. The Kier molecular flexibility index (Phi) is 60.8. The molecule has 7 amide bonds. The van der Waals surface area contributed by atoms with Gasteiger partial charge in [-0.1, -0.05) is 0 Å². The van der Waals surface area contributed by atoms with Crippen molar-refractivity contribution < 1.29 is 88.5 Å². The van der Waals surface area contributed by atoms with Crippen LogP contribution in [0.3, 0.4) is 0 Å². The lowest BCUT2D eigenvalue weighted by Gasteiger charge is -2.10. The minimum atomic E-state index is -1.13. The molecule has 0 aromatic heterocycles. The fourth-order valence-corrected chi connectivity index (χ4v) is 4.29. The molecule has 27 nitrogen and oxygen atoms in total. The van der Waals surface area contributed by atoms with Crippen molar-refractivity contribution in [3.05, 3.63) is 24.3 Å². The molecule has 0 fully saturated rings. The van der Waals surface area contributed by atoms with E-state index in [2.05, 4.69) is 55.6 Å². The largest absolute Gasteiger partial charge is 0.481 e. The third-order valence-corrected chi connectivity index (χ3v) is 8.54. The molecule has 66 heavy (non-hydrogen) atoms. The second kappa shape index (κ2) is 51.8. The number of nitrogens with zero attached hydrogens (tertiary/aromatic N) is 1. The van der Waals surface area contributed by atoms with Crippen LogP contribution < -0.4 is 43.0 Å². The van der Waals surface area contributed by atoms with Crippen LogP contribution in [0.15, 0.2) is 24.3 Å². The van der Waals surface area contributed by atoms with E-state index in [1.165, 1.54) is 80.3 Å². The summed E-state index contributed by atoms with van der Waals surface area (Å²) in [6.45, 7) is 0. The number of carboxylic acid groups (broad SMARTS) is 5. The quantitative estimate of drug-likeness (QED) is 0.0351. The number of amides is 7. The highest BCUT2D eigenvalue weighted by molar-refractivity contribution is 8.00. The number of thiol groups is 1. The van der Waals surface area contributed by atoms with Crippen LogP contribution in [0.5, 0.6) is 0 Å². The first-order valence-electron chi connectivity index (χ1n) is 18.1. The van der Waals surface area contributed by atoms with Crippen molar-refractivity contribution in [1.29, 1.82) is 0 Å². The minimum absolute atomic E-state index is 0. The molecule has 0 aromatic rings. The predicted molar refractivity (Wildman–Crippen MR) is 252 cm³/mol. The highest BCUT2D eigenvalue weighted by atomic mass is 32.2. The van der Waals surface area contributed by atoms with Crippen molar-refractivity contribution in [2.45, 2.75) is 48.3 Å². The number of thioether (sulfide) groups is 2. The number of rotatable bonds is 18. The Hall–Kier alpha value is -5.79. The average molecular weight is 1010 g/mol. The van der Waals surface area contributed by atoms with Crippen LogP contribution in [0, 0.1) is 0 Å². The Morgan fingerprint density at radius 2 is 0.985 bits per heavy atom. The smallest absolute Gasteiger partial charge is 0.328 e. The van der Waals surface area contributed by atoms with Gasteiger partial charge in [0, 0.05) is 73.0 Å². The highest BCUT2D eigenvalue weighted by Crippen LogP contribution is 2.11. The van der Waals surface area contributed by atoms with Gasteiger partial charge in [0.1, 0.15) is 11.3 Å². The van der Waals surface area contributed by atoms with Crippen LogP contribution in [0.25, 0.3) is 0 Å². The van der Waals surface area contributed by atoms with E-state index in [4.69, 9.17) is 25.5 Å². The van der Waals surface area contributed by atoms with Gasteiger partial charge in [0.2, 0.25) is 29.5 Å². The standard InChI is InChI=1S/2C6H12N2O3.2C6H11NO3S.C5H7NO3.C5H5NO2.CH5N.CH4S.H2O/c1-7-4(3-5(9)10)6(11)8-2;1-7-4(6(10)11)3-5(9)8-2;1-7-6(10)4(11-2)3-5(8)9;1-7-5(8)3-4(11-2)6(9)10;1-6-4(7)2-3-5(8)9;1-6-4(7)2-3-5(6)8;2*1-2;/h4,7H,3H2,1-2H3,(H,8,11)(H,9,10);4,7H,3H2,1-2H3,(H,8,9)(H,10,11);4H,3H2,1-2H3,(H,7,10)(H,8,9);4H,3H2,1-2H3,(H,7,8)(H,9,10);2-3H,1H3,(H,6,7)(H,8,9);2-3H,1H3;2H2,1H3;2H,1H3;1H2/b;;;;3-2-;;;;. The first-order chi connectivity index (χ1) is 30.3. The van der Waals surface area contributed by atoms with Crippen LogP contribution in [-0.2, 0) is 57.5 Å². The lowest BCUT2D eigenvalue weighted by molar-refractivity contribution is -0.141. The lowest BCUT2D eigenvalue weighted by atomic mass is 10.2. The SMILES string of the molecule is CN.CN1C(=O)C=CC1=O.CNC(=O)/C=C\C(=O)O.CNC(=O)C(CC(=O)O)NC.CNC(=O)C(CC(=O)O)SC.CNC(=O)CC(NC)C(=O)O.CNC(=O)CC(SC)C(=O)O.CS.O. The molecule has 0 spiro atoms. The first-order valence-corrected chi connectivity index (χ1v) is 21.6. The molecule has 0 saturated heterocycles. The number of hydrogen-bond acceptors (Lipinski definition) is 18. The Morgan fingerprint density at radius 1 is 0.591 bits per heavy atom. The topological polar surface area (TPSA) is 451 Å². The lowest BCUT2D eigenvalue weighted by Crippen LogP contribution is -2.42. The van der Waals surface area contributed by atoms with E-state index in [-0.39, 0.29) is 66.6 Å². The molecular formula is C36H69N9O18S3. The molecular weight excluding hydrogens is 943 g/mol. The molecule has 0 aliphatic carbocycles. The molecule has 384 valence electrons. The Morgan fingerprint density at radius 3 is 1.23 bits per heavy atom. The van der Waals surface area contributed by atoms with Gasteiger partial charge in [-0.15, -0.1) is 11.8 Å². The van der Waals surface area contributed by atoms with Gasteiger partial charge >= 0.3 is 29.8 Å². The number of likely N-dealkylation sites (N-methyl/N-ethyl adjacent to an activating group) is 5. The average Bonchev–Trinajstić information content (AvgIpc) is 3.58. The van der Waals surface area contributed by atoms with E-state index in [9.17, 15) is 57.5 Å². The molecule has 0 aromatic carbocycles. The number of carboxylic acids is 5. The van der Waals surface area contributed by atoms with Gasteiger partial charge in [-0.05, 0) is 39.9 Å². The second-order valence-corrected chi connectivity index (χ2v) is 12.9. The van der Waals surface area contributed by atoms with Gasteiger partial charge in [0.05, 0.1) is 30.6 Å². The summed E-state index contributed by atoms with van der Waals surface area (Å²) in [5.74, 6) is -7.01. The number of imide groups is 1. The van der Waals surface area contributed by atoms with Gasteiger partial charge in [-0.3, -0.25) is 57.6 Å². The summed E-state index contributed by atoms with van der Waals surface area (Å²) in [4.78, 5) is 126. The van der Waals surface area contributed by atoms with Crippen LogP contribution >= 0.6 is 36.2 Å². The first kappa shape index (κ1) is 77.4. The van der Waals surface area contributed by atoms with Gasteiger partial charge in [0.25, 0.3) is 11.8 Å². The Balaban J connectivity index is -0.000000100. The number of aliphatic carboxylic acids is 5. The highest BCUT2D eigenvalue weighted by Gasteiger charge is 2.21. The number of hydrogen-bond donors (Lipinski definition) is 14. The number of nitrogens with one attached hydrogen (secondary N) is 7. The summed E-state index contributed by atoms with van der Waals surface area (Å²) in [6.07, 6.45) is 8.97. The second-order valence-electron chi connectivity index (χ2n) is 10.8. The zero-order chi connectivity index (χ0) is 52.8. The normalized spacial score (nSPS) is 11.8. The molecule has 4 atom stereocenters. The molecule has 1 rings (SSSR count). The molecule has 4 unspecified atom stereocenters. The van der Waals surface area contributed by atoms with Gasteiger partial charge < -0.3 is 74.0 Å². The fourth-order valence-electron chi connectivity index (χ4n) is 3.12. The number of carbonyl (C=O) groups is 12. The summed E-state index contributed by atoms with van der Waals surface area (Å²) >= 11 is 5.93. The van der Waals surface area contributed by atoms with Crippen LogP contribution in [0.2, 0.25) is 0 Å². The van der Waals surface area contributed by atoms with E-state index >= 15 is 0 Å². The van der Waals surface area contributed by atoms with Crippen molar-refractivity contribution in [3.63, 3.8) is 0 Å². The van der Waals surface area contributed by atoms with Crippen molar-refractivity contribution in [2.75, 3.05) is 82.2 Å². The summed E-state index contributed by atoms with van der Waals surface area (Å²) in [5.41, 5.74) is 4.50. The van der Waals surface area contributed by atoms with Gasteiger partial charge in [-0.25, -0.2) is 4.79 Å². The van der Waals surface area contributed by atoms with E-state index in [0.717, 1.165) is 28.8 Å². The third kappa shape index (κ3) is 49.2. The van der Waals surface area contributed by atoms with Crippen molar-refractivity contribution >= 4 is 107 Å². The molecule has 16 N–H and O–H groups in total. The van der Waals surface area contributed by atoms with Crippen LogP contribution in [-0.4, -0.2) is 212 Å². The van der Waals surface area contributed by atoms with E-state index in [0.29, 0.717) is 0 Å².